The highest BCUT2D eigenvalue weighted by atomic mass is 16.5. The van der Waals surface area contributed by atoms with Crippen LogP contribution >= 0.6 is 0 Å². The molecule has 23 heavy (non-hydrogen) atoms. The number of hydrogen-bond donors (Lipinski definition) is 2. The molecule has 0 bridgehead atoms. The summed E-state index contributed by atoms with van der Waals surface area (Å²) in [7, 11) is 0. The summed E-state index contributed by atoms with van der Waals surface area (Å²) in [6.45, 7) is 9.30. The van der Waals surface area contributed by atoms with Crippen LogP contribution < -0.4 is 10.6 Å². The topological polar surface area (TPSA) is 83.4 Å². The van der Waals surface area contributed by atoms with Crippen molar-refractivity contribution in [3.8, 4) is 6.07 Å². The smallest absolute Gasteiger partial charge is 0.263 e. The summed E-state index contributed by atoms with van der Waals surface area (Å²) in [5, 5.41) is 14.7. The van der Waals surface area contributed by atoms with Crippen molar-refractivity contribution in [1.29, 1.82) is 5.26 Å². The second-order valence-electron chi connectivity index (χ2n) is 5.47. The Hall–Kier alpha value is -1.58. The molecule has 0 fully saturated rings. The summed E-state index contributed by atoms with van der Waals surface area (Å²) in [6, 6.07) is 1.90. The van der Waals surface area contributed by atoms with Crippen molar-refractivity contribution in [3.63, 3.8) is 0 Å². The quantitative estimate of drug-likeness (QED) is 0.290. The molecule has 0 aromatic rings. The number of amides is 1. The number of nitrogens with zero attached hydrogens (tertiary/aromatic N) is 1. The number of carbonyl (C=O) groups excluding carboxylic acids is 1. The summed E-state index contributed by atoms with van der Waals surface area (Å²) >= 11 is 0. The van der Waals surface area contributed by atoms with E-state index in [4.69, 9.17) is 14.7 Å². The zero-order chi connectivity index (χ0) is 17.3. The van der Waals surface area contributed by atoms with Crippen molar-refractivity contribution < 1.29 is 14.3 Å². The summed E-state index contributed by atoms with van der Waals surface area (Å²) in [5.74, 6) is -0.355. The van der Waals surface area contributed by atoms with Crippen molar-refractivity contribution >= 4 is 5.91 Å². The van der Waals surface area contributed by atoms with Gasteiger partial charge in [-0.15, -0.1) is 0 Å². The van der Waals surface area contributed by atoms with E-state index >= 15 is 0 Å². The van der Waals surface area contributed by atoms with E-state index in [0.29, 0.717) is 26.3 Å². The average Bonchev–Trinajstić information content (AvgIpc) is 2.53. The Morgan fingerprint density at radius 1 is 1.17 bits per heavy atom. The SMILES string of the molecule is CCCCOCCCNC(=O)/C(C#N)=C\NCCCOC(C)C. The highest BCUT2D eigenvalue weighted by molar-refractivity contribution is 5.97. The summed E-state index contributed by atoms with van der Waals surface area (Å²) < 4.78 is 10.8. The number of nitriles is 1. The van der Waals surface area contributed by atoms with E-state index in [9.17, 15) is 4.79 Å². The van der Waals surface area contributed by atoms with Crippen LogP contribution in [0.1, 0.15) is 46.5 Å². The van der Waals surface area contributed by atoms with Crippen molar-refractivity contribution in [2.75, 3.05) is 32.9 Å². The zero-order valence-electron chi connectivity index (χ0n) is 14.7. The van der Waals surface area contributed by atoms with Gasteiger partial charge in [0.15, 0.2) is 0 Å². The van der Waals surface area contributed by atoms with Crippen molar-refractivity contribution in [2.45, 2.75) is 52.6 Å². The third kappa shape index (κ3) is 13.8. The fraction of sp³-hybridized carbons (Fsp3) is 0.765. The molecule has 6 nitrogen and oxygen atoms in total. The molecule has 0 spiro atoms. The molecule has 0 rings (SSSR count). The lowest BCUT2D eigenvalue weighted by molar-refractivity contribution is -0.117. The fourth-order valence-electron chi connectivity index (χ4n) is 1.64. The normalized spacial score (nSPS) is 11.3. The number of hydrogen-bond acceptors (Lipinski definition) is 5. The number of unbranched alkanes of at least 4 members (excludes halogenated alkanes) is 1. The first kappa shape index (κ1) is 21.4. The third-order valence-electron chi connectivity index (χ3n) is 2.92. The first-order chi connectivity index (χ1) is 11.1. The first-order valence-corrected chi connectivity index (χ1v) is 8.43. The van der Waals surface area contributed by atoms with Crippen LogP contribution in [0.5, 0.6) is 0 Å². The lowest BCUT2D eigenvalue weighted by Crippen LogP contribution is -2.27. The predicted octanol–water partition coefficient (Wildman–Crippen LogP) is 2.12. The molecule has 0 radical (unpaired) electrons. The van der Waals surface area contributed by atoms with Crippen LogP contribution in [0, 0.1) is 11.3 Å². The number of rotatable bonds is 14. The number of ether oxygens (including phenoxy) is 2. The standard InChI is InChI=1S/C17H31N3O3/c1-4-5-10-22-11-7-9-20-17(21)16(13-18)14-19-8-6-12-23-15(2)3/h14-15,19H,4-12H2,1-3H3,(H,20,21)/b16-14-. The molecule has 0 unspecified atom stereocenters. The first-order valence-electron chi connectivity index (χ1n) is 8.43. The summed E-state index contributed by atoms with van der Waals surface area (Å²) in [6.07, 6.45) is 5.42. The van der Waals surface area contributed by atoms with Gasteiger partial charge < -0.3 is 20.1 Å². The minimum absolute atomic E-state index is 0.0849. The maximum atomic E-state index is 11.8. The van der Waals surface area contributed by atoms with Crippen LogP contribution in [0.15, 0.2) is 11.8 Å². The van der Waals surface area contributed by atoms with E-state index in [0.717, 1.165) is 32.3 Å². The molecular weight excluding hydrogens is 294 g/mol. The molecule has 132 valence electrons. The molecular formula is C17H31N3O3. The predicted molar refractivity (Wildman–Crippen MR) is 90.8 cm³/mol. The van der Waals surface area contributed by atoms with Crippen LogP contribution in [0.4, 0.5) is 0 Å². The van der Waals surface area contributed by atoms with E-state index in [1.165, 1.54) is 6.20 Å². The minimum atomic E-state index is -0.355. The Balaban J connectivity index is 3.76. The molecule has 0 atom stereocenters. The molecule has 0 aliphatic carbocycles. The van der Waals surface area contributed by atoms with E-state index in [2.05, 4.69) is 17.6 Å². The van der Waals surface area contributed by atoms with Gasteiger partial charge in [0.25, 0.3) is 5.91 Å². The van der Waals surface area contributed by atoms with E-state index in [1.54, 1.807) is 0 Å². The minimum Gasteiger partial charge on any atom is -0.390 e. The van der Waals surface area contributed by atoms with Crippen molar-refractivity contribution in [1.82, 2.24) is 10.6 Å². The largest absolute Gasteiger partial charge is 0.390 e. The molecule has 6 heteroatoms. The van der Waals surface area contributed by atoms with Crippen molar-refractivity contribution in [2.24, 2.45) is 0 Å². The highest BCUT2D eigenvalue weighted by Crippen LogP contribution is 1.93. The van der Waals surface area contributed by atoms with Gasteiger partial charge in [-0.1, -0.05) is 13.3 Å². The van der Waals surface area contributed by atoms with Gasteiger partial charge in [0.1, 0.15) is 11.6 Å². The number of nitrogens with one attached hydrogen (secondary N) is 2. The van der Waals surface area contributed by atoms with Crippen LogP contribution in [0.3, 0.4) is 0 Å². The van der Waals surface area contributed by atoms with Gasteiger partial charge >= 0.3 is 0 Å². The van der Waals surface area contributed by atoms with Gasteiger partial charge in [0.2, 0.25) is 0 Å². The van der Waals surface area contributed by atoms with E-state index in [1.807, 2.05) is 19.9 Å². The van der Waals surface area contributed by atoms with Crippen LogP contribution in [0.25, 0.3) is 0 Å². The number of carbonyl (C=O) groups is 1. The van der Waals surface area contributed by atoms with Gasteiger partial charge in [0, 0.05) is 39.1 Å². The summed E-state index contributed by atoms with van der Waals surface area (Å²) in [5.41, 5.74) is 0.0849. The van der Waals surface area contributed by atoms with Gasteiger partial charge in [-0.05, 0) is 33.1 Å². The Bertz CT molecular complexity index is 376. The van der Waals surface area contributed by atoms with Gasteiger partial charge in [0.05, 0.1) is 6.10 Å². The molecule has 0 saturated heterocycles. The Kier molecular flexibility index (Phi) is 14.3. The Morgan fingerprint density at radius 2 is 1.87 bits per heavy atom. The molecule has 1 amide bonds. The van der Waals surface area contributed by atoms with E-state index in [-0.39, 0.29) is 17.6 Å². The lowest BCUT2D eigenvalue weighted by atomic mass is 10.3. The second-order valence-corrected chi connectivity index (χ2v) is 5.47. The molecule has 0 aromatic carbocycles. The lowest BCUT2D eigenvalue weighted by Gasteiger charge is -2.07. The van der Waals surface area contributed by atoms with Crippen molar-refractivity contribution in [3.05, 3.63) is 11.8 Å². The van der Waals surface area contributed by atoms with Crippen LogP contribution in [-0.2, 0) is 14.3 Å². The van der Waals surface area contributed by atoms with Crippen LogP contribution in [-0.4, -0.2) is 44.9 Å². The molecule has 2 N–H and O–H groups in total. The molecule has 0 aromatic heterocycles. The highest BCUT2D eigenvalue weighted by Gasteiger charge is 2.07. The van der Waals surface area contributed by atoms with Gasteiger partial charge in [-0.2, -0.15) is 5.26 Å². The average molecular weight is 325 g/mol. The fourth-order valence-corrected chi connectivity index (χ4v) is 1.64. The summed E-state index contributed by atoms with van der Waals surface area (Å²) in [4.78, 5) is 11.8. The molecule has 0 aliphatic heterocycles. The molecule has 0 saturated carbocycles. The molecule has 0 heterocycles. The van der Waals surface area contributed by atoms with Gasteiger partial charge in [-0.3, -0.25) is 4.79 Å². The molecule has 0 aliphatic rings. The maximum absolute atomic E-state index is 11.8. The van der Waals surface area contributed by atoms with Gasteiger partial charge in [-0.25, -0.2) is 0 Å². The Morgan fingerprint density at radius 3 is 2.52 bits per heavy atom. The second kappa shape index (κ2) is 15.3. The Labute approximate surface area is 140 Å². The van der Waals surface area contributed by atoms with Crippen LogP contribution in [0.2, 0.25) is 0 Å². The zero-order valence-corrected chi connectivity index (χ0v) is 14.7. The monoisotopic (exact) mass is 325 g/mol. The maximum Gasteiger partial charge on any atom is 0.263 e. The van der Waals surface area contributed by atoms with E-state index < -0.39 is 0 Å². The third-order valence-corrected chi connectivity index (χ3v) is 2.92.